The van der Waals surface area contributed by atoms with Gasteiger partial charge in [0.15, 0.2) is 0 Å². The molecule has 0 heterocycles. The summed E-state index contributed by atoms with van der Waals surface area (Å²) in [4.78, 5) is 44.1. The average molecular weight is 342 g/mol. The minimum absolute atomic E-state index is 0.0371. The largest absolute Gasteiger partial charge is 0.461 e. The van der Waals surface area contributed by atoms with Crippen LogP contribution >= 0.6 is 0 Å². The molecule has 0 unspecified atom stereocenters. The molecule has 0 radical (unpaired) electrons. The molecule has 4 amide bonds. The molecule has 0 aromatic rings. The van der Waals surface area contributed by atoms with E-state index in [1.54, 1.807) is 0 Å². The second-order valence-corrected chi connectivity index (χ2v) is 4.11. The third kappa shape index (κ3) is 12.7. The van der Waals surface area contributed by atoms with Crippen LogP contribution < -0.4 is 21.3 Å². The summed E-state index contributed by atoms with van der Waals surface area (Å²) < 4.78 is 9.33. The summed E-state index contributed by atoms with van der Waals surface area (Å²) in [5, 5.41) is 9.92. The van der Waals surface area contributed by atoms with Gasteiger partial charge in [0.2, 0.25) is 0 Å². The Kier molecular flexibility index (Phi) is 11.9. The smallest absolute Gasteiger partial charge is 0.330 e. The molecule has 24 heavy (non-hydrogen) atoms. The van der Waals surface area contributed by atoms with Crippen molar-refractivity contribution in [2.45, 2.75) is 0 Å². The maximum Gasteiger partial charge on any atom is 0.330 e. The number of rotatable bonds is 11. The number of hydrogen-bond donors (Lipinski definition) is 4. The van der Waals surface area contributed by atoms with E-state index in [0.29, 0.717) is 0 Å². The van der Waals surface area contributed by atoms with Gasteiger partial charge in [0.1, 0.15) is 13.2 Å². The van der Waals surface area contributed by atoms with Crippen molar-refractivity contribution < 1.29 is 28.7 Å². The van der Waals surface area contributed by atoms with Gasteiger partial charge in [-0.15, -0.1) is 0 Å². The molecule has 0 atom stereocenters. The topological polar surface area (TPSA) is 135 Å². The molecule has 0 spiro atoms. The van der Waals surface area contributed by atoms with Crippen molar-refractivity contribution in [3.8, 4) is 0 Å². The van der Waals surface area contributed by atoms with Gasteiger partial charge in [-0.3, -0.25) is 0 Å². The van der Waals surface area contributed by atoms with Crippen LogP contribution in [0.1, 0.15) is 0 Å². The van der Waals surface area contributed by atoms with Gasteiger partial charge < -0.3 is 30.7 Å². The Labute approximate surface area is 139 Å². The first kappa shape index (κ1) is 21.0. The van der Waals surface area contributed by atoms with Crippen LogP contribution in [0.4, 0.5) is 9.59 Å². The van der Waals surface area contributed by atoms with Crippen molar-refractivity contribution in [1.82, 2.24) is 21.3 Å². The van der Waals surface area contributed by atoms with Crippen LogP contribution in [0, 0.1) is 0 Å². The minimum Gasteiger partial charge on any atom is -0.461 e. The Balaban J connectivity index is 3.50. The lowest BCUT2D eigenvalue weighted by Gasteiger charge is -2.09. The molecule has 0 aromatic carbocycles. The minimum atomic E-state index is -0.563. The van der Waals surface area contributed by atoms with Crippen molar-refractivity contribution >= 4 is 24.0 Å². The number of nitrogens with one attached hydrogen (secondary N) is 4. The lowest BCUT2D eigenvalue weighted by Crippen LogP contribution is -2.44. The van der Waals surface area contributed by atoms with Crippen LogP contribution in [0.3, 0.4) is 0 Å². The second kappa shape index (κ2) is 13.6. The molecule has 0 fully saturated rings. The number of amides is 4. The number of carbonyl (C=O) groups excluding carboxylic acids is 4. The summed E-state index contributed by atoms with van der Waals surface area (Å²) in [6.07, 6.45) is 2.06. The molecule has 134 valence electrons. The zero-order valence-corrected chi connectivity index (χ0v) is 13.3. The Morgan fingerprint density at radius 3 is 1.33 bits per heavy atom. The van der Waals surface area contributed by atoms with E-state index in [0.717, 1.165) is 12.2 Å². The van der Waals surface area contributed by atoms with E-state index in [2.05, 4.69) is 43.9 Å². The second-order valence-electron chi connectivity index (χ2n) is 4.11. The quantitative estimate of drug-likeness (QED) is 0.217. The predicted octanol–water partition coefficient (Wildman–Crippen LogP) is -0.957. The summed E-state index contributed by atoms with van der Waals surface area (Å²) >= 11 is 0. The molecule has 0 saturated heterocycles. The van der Waals surface area contributed by atoms with Crippen LogP contribution in [-0.4, -0.2) is 63.4 Å². The van der Waals surface area contributed by atoms with Crippen molar-refractivity contribution in [2.24, 2.45) is 0 Å². The standard InChI is InChI=1S/C14H22N4O6/c1-3-11(19)23-9-7-17-13(21)15-5-6-16-14(22)18-8-10-24-12(20)4-2/h3-4H,1-2,5-10H2,(H2,15,17,21)(H2,16,18,22). The summed E-state index contributed by atoms with van der Waals surface area (Å²) in [6.45, 7) is 7.26. The van der Waals surface area contributed by atoms with E-state index < -0.39 is 24.0 Å². The highest BCUT2D eigenvalue weighted by Crippen LogP contribution is 1.78. The van der Waals surface area contributed by atoms with Crippen LogP contribution in [0.5, 0.6) is 0 Å². The van der Waals surface area contributed by atoms with E-state index in [9.17, 15) is 19.2 Å². The lowest BCUT2D eigenvalue weighted by atomic mass is 10.6. The first-order chi connectivity index (χ1) is 11.5. The van der Waals surface area contributed by atoms with E-state index in [4.69, 9.17) is 0 Å². The average Bonchev–Trinajstić information content (AvgIpc) is 2.58. The molecule has 0 aliphatic rings. The third-order valence-electron chi connectivity index (χ3n) is 2.29. The highest BCUT2D eigenvalue weighted by Gasteiger charge is 2.02. The Hall–Kier alpha value is -3.04. The normalized spacial score (nSPS) is 9.17. The molecule has 0 bridgehead atoms. The van der Waals surface area contributed by atoms with Gasteiger partial charge in [-0.1, -0.05) is 13.2 Å². The maximum atomic E-state index is 11.3. The molecule has 0 aliphatic carbocycles. The van der Waals surface area contributed by atoms with E-state index in [1.165, 1.54) is 0 Å². The molecule has 0 saturated carbocycles. The number of urea groups is 2. The summed E-state index contributed by atoms with van der Waals surface area (Å²) in [5.41, 5.74) is 0. The van der Waals surface area contributed by atoms with E-state index >= 15 is 0 Å². The number of carbonyl (C=O) groups is 4. The zero-order valence-electron chi connectivity index (χ0n) is 13.3. The van der Waals surface area contributed by atoms with Gasteiger partial charge >= 0.3 is 24.0 Å². The fourth-order valence-corrected chi connectivity index (χ4v) is 1.23. The number of ether oxygens (including phenoxy) is 2. The van der Waals surface area contributed by atoms with Crippen molar-refractivity contribution in [2.75, 3.05) is 39.4 Å². The Morgan fingerprint density at radius 2 is 1.00 bits per heavy atom. The first-order valence-electron chi connectivity index (χ1n) is 7.11. The van der Waals surface area contributed by atoms with E-state index in [-0.39, 0.29) is 39.4 Å². The summed E-state index contributed by atoms with van der Waals surface area (Å²) in [5.74, 6) is -1.13. The van der Waals surface area contributed by atoms with Crippen molar-refractivity contribution in [1.29, 1.82) is 0 Å². The lowest BCUT2D eigenvalue weighted by molar-refractivity contribution is -0.138. The van der Waals surface area contributed by atoms with Crippen LogP contribution in [-0.2, 0) is 19.1 Å². The fraction of sp³-hybridized carbons (Fsp3) is 0.429. The van der Waals surface area contributed by atoms with Crippen LogP contribution in [0.2, 0.25) is 0 Å². The maximum absolute atomic E-state index is 11.3. The van der Waals surface area contributed by atoms with Gasteiger partial charge in [0.25, 0.3) is 0 Å². The molecule has 0 aromatic heterocycles. The third-order valence-corrected chi connectivity index (χ3v) is 2.29. The predicted molar refractivity (Wildman–Crippen MR) is 85.1 cm³/mol. The number of hydrogen-bond acceptors (Lipinski definition) is 6. The van der Waals surface area contributed by atoms with E-state index in [1.807, 2.05) is 0 Å². The molecule has 10 nitrogen and oxygen atoms in total. The monoisotopic (exact) mass is 342 g/mol. The van der Waals surface area contributed by atoms with Crippen molar-refractivity contribution in [3.05, 3.63) is 25.3 Å². The highest BCUT2D eigenvalue weighted by atomic mass is 16.5. The van der Waals surface area contributed by atoms with Gasteiger partial charge in [0, 0.05) is 25.2 Å². The van der Waals surface area contributed by atoms with Gasteiger partial charge in [-0.05, 0) is 0 Å². The SMILES string of the molecule is C=CC(=O)OCCNC(=O)NCCNC(=O)NCCOC(=O)C=C. The van der Waals surface area contributed by atoms with Crippen molar-refractivity contribution in [3.63, 3.8) is 0 Å². The highest BCUT2D eigenvalue weighted by molar-refractivity contribution is 5.81. The van der Waals surface area contributed by atoms with Gasteiger partial charge in [0.05, 0.1) is 13.1 Å². The van der Waals surface area contributed by atoms with Crippen LogP contribution in [0.25, 0.3) is 0 Å². The molecule has 0 rings (SSSR count). The zero-order chi connectivity index (χ0) is 18.2. The first-order valence-corrected chi connectivity index (χ1v) is 7.11. The Morgan fingerprint density at radius 1 is 0.667 bits per heavy atom. The van der Waals surface area contributed by atoms with Crippen LogP contribution in [0.15, 0.2) is 25.3 Å². The van der Waals surface area contributed by atoms with Gasteiger partial charge in [-0.2, -0.15) is 0 Å². The summed E-state index contributed by atoms with van der Waals surface area (Å²) in [6, 6.07) is -0.911. The molecular formula is C14H22N4O6. The molecule has 4 N–H and O–H groups in total. The molecular weight excluding hydrogens is 320 g/mol. The fourth-order valence-electron chi connectivity index (χ4n) is 1.23. The number of esters is 2. The molecule has 10 heteroatoms. The van der Waals surface area contributed by atoms with Gasteiger partial charge in [-0.25, -0.2) is 19.2 Å². The molecule has 0 aliphatic heterocycles. The summed E-state index contributed by atoms with van der Waals surface area (Å²) in [7, 11) is 0. The Bertz CT molecular complexity index is 424.